The van der Waals surface area contributed by atoms with Crippen LogP contribution in [-0.2, 0) is 0 Å². The molecule has 0 aromatic rings. The first-order valence-corrected chi connectivity index (χ1v) is 3.54. The summed E-state index contributed by atoms with van der Waals surface area (Å²) in [5.41, 5.74) is 5.31. The first-order valence-electron chi connectivity index (χ1n) is 3.54. The number of hydrogen-bond acceptors (Lipinski definition) is 2. The van der Waals surface area contributed by atoms with E-state index in [9.17, 15) is 0 Å². The van der Waals surface area contributed by atoms with Crippen molar-refractivity contribution in [2.75, 3.05) is 13.1 Å². The standard InChI is InChI=1S/C7H16N2/c1-9-7-5-3-2-4-6-8/h1-8H2. The van der Waals surface area contributed by atoms with E-state index in [0.29, 0.717) is 0 Å². The van der Waals surface area contributed by atoms with Crippen molar-refractivity contribution < 1.29 is 0 Å². The van der Waals surface area contributed by atoms with Gasteiger partial charge in [0, 0.05) is 6.54 Å². The van der Waals surface area contributed by atoms with Crippen LogP contribution in [0.1, 0.15) is 25.7 Å². The Bertz CT molecular complexity index is 61.9. The lowest BCUT2D eigenvalue weighted by molar-refractivity contribution is 0.654. The van der Waals surface area contributed by atoms with Crippen LogP contribution in [0.4, 0.5) is 0 Å². The van der Waals surface area contributed by atoms with Gasteiger partial charge in [-0.05, 0) is 26.1 Å². The normalized spacial score (nSPS) is 9.44. The average Bonchev–Trinajstić information content (AvgIpc) is 1.89. The summed E-state index contributed by atoms with van der Waals surface area (Å²) < 4.78 is 0. The Labute approximate surface area is 57.2 Å². The molecule has 0 saturated heterocycles. The van der Waals surface area contributed by atoms with Gasteiger partial charge in [-0.2, -0.15) is 0 Å². The molecule has 0 aliphatic rings. The summed E-state index contributed by atoms with van der Waals surface area (Å²) in [4.78, 5) is 3.75. The van der Waals surface area contributed by atoms with Crippen molar-refractivity contribution in [3.8, 4) is 0 Å². The second-order valence-corrected chi connectivity index (χ2v) is 2.15. The van der Waals surface area contributed by atoms with Gasteiger partial charge in [-0.1, -0.05) is 12.8 Å². The summed E-state index contributed by atoms with van der Waals surface area (Å²) in [5, 5.41) is 0. The van der Waals surface area contributed by atoms with E-state index < -0.39 is 0 Å². The Morgan fingerprint density at radius 1 is 1.11 bits per heavy atom. The monoisotopic (exact) mass is 128 g/mol. The Balaban J connectivity index is 2.66. The minimum Gasteiger partial charge on any atom is -0.330 e. The molecule has 0 aromatic heterocycles. The molecule has 2 nitrogen and oxygen atoms in total. The summed E-state index contributed by atoms with van der Waals surface area (Å²) in [6.45, 7) is 5.13. The van der Waals surface area contributed by atoms with Crippen LogP contribution in [0, 0.1) is 0 Å². The SMILES string of the molecule is C=NCCCCCCN. The molecule has 54 valence electrons. The highest BCUT2D eigenvalue weighted by Crippen LogP contribution is 1.97. The smallest absolute Gasteiger partial charge is 0.0382 e. The molecule has 0 aliphatic carbocycles. The predicted octanol–water partition coefficient (Wildman–Crippen LogP) is 1.21. The molecule has 0 spiro atoms. The summed E-state index contributed by atoms with van der Waals surface area (Å²) in [6.07, 6.45) is 4.81. The number of nitrogens with two attached hydrogens (primary N) is 1. The molecule has 0 heterocycles. The molecule has 2 heteroatoms. The number of hydrogen-bond donors (Lipinski definition) is 1. The average molecular weight is 128 g/mol. The third-order valence-corrected chi connectivity index (χ3v) is 1.27. The van der Waals surface area contributed by atoms with E-state index in [2.05, 4.69) is 11.7 Å². The number of aliphatic imine (C=N–C) groups is 1. The maximum atomic E-state index is 5.31. The molecule has 9 heavy (non-hydrogen) atoms. The van der Waals surface area contributed by atoms with Gasteiger partial charge in [0.15, 0.2) is 0 Å². The molecule has 0 saturated carbocycles. The van der Waals surface area contributed by atoms with Crippen molar-refractivity contribution in [3.63, 3.8) is 0 Å². The second-order valence-electron chi connectivity index (χ2n) is 2.15. The lowest BCUT2D eigenvalue weighted by Crippen LogP contribution is -1.97. The fourth-order valence-corrected chi connectivity index (χ4v) is 0.721. The van der Waals surface area contributed by atoms with Crippen LogP contribution in [0.2, 0.25) is 0 Å². The van der Waals surface area contributed by atoms with Gasteiger partial charge in [-0.3, -0.25) is 0 Å². The van der Waals surface area contributed by atoms with Crippen LogP contribution >= 0.6 is 0 Å². The van der Waals surface area contributed by atoms with Crippen LogP contribution in [0.25, 0.3) is 0 Å². The largest absolute Gasteiger partial charge is 0.330 e. The van der Waals surface area contributed by atoms with Crippen molar-refractivity contribution in [2.24, 2.45) is 10.7 Å². The van der Waals surface area contributed by atoms with Gasteiger partial charge in [0.05, 0.1) is 0 Å². The van der Waals surface area contributed by atoms with E-state index >= 15 is 0 Å². The molecule has 0 fully saturated rings. The molecular formula is C7H16N2. The second kappa shape index (κ2) is 7.63. The minimum atomic E-state index is 0.821. The molecule has 0 amide bonds. The van der Waals surface area contributed by atoms with Crippen LogP contribution < -0.4 is 5.73 Å². The zero-order valence-electron chi connectivity index (χ0n) is 5.97. The van der Waals surface area contributed by atoms with Crippen molar-refractivity contribution in [1.82, 2.24) is 0 Å². The Morgan fingerprint density at radius 2 is 1.78 bits per heavy atom. The molecule has 0 bridgehead atoms. The Hall–Kier alpha value is -0.370. The molecule has 0 unspecified atom stereocenters. The van der Waals surface area contributed by atoms with Gasteiger partial charge in [0.1, 0.15) is 0 Å². The van der Waals surface area contributed by atoms with Gasteiger partial charge in [-0.15, -0.1) is 0 Å². The van der Waals surface area contributed by atoms with Gasteiger partial charge in [-0.25, -0.2) is 0 Å². The van der Waals surface area contributed by atoms with E-state index in [1.807, 2.05) is 0 Å². The van der Waals surface area contributed by atoms with Crippen LogP contribution in [0.15, 0.2) is 4.99 Å². The summed E-state index contributed by atoms with van der Waals surface area (Å²) in [5.74, 6) is 0. The summed E-state index contributed by atoms with van der Waals surface area (Å²) in [6, 6.07) is 0. The molecule has 0 aliphatic heterocycles. The zero-order chi connectivity index (χ0) is 6.95. The highest BCUT2D eigenvalue weighted by atomic mass is 14.7. The number of rotatable bonds is 6. The van der Waals surface area contributed by atoms with E-state index in [0.717, 1.165) is 19.5 Å². The van der Waals surface area contributed by atoms with E-state index in [-0.39, 0.29) is 0 Å². The van der Waals surface area contributed by atoms with Gasteiger partial charge in [0.25, 0.3) is 0 Å². The quantitative estimate of drug-likeness (QED) is 0.423. The van der Waals surface area contributed by atoms with Crippen molar-refractivity contribution >= 4 is 6.72 Å². The number of unbranched alkanes of at least 4 members (excludes halogenated alkanes) is 3. The zero-order valence-corrected chi connectivity index (χ0v) is 5.97. The Kier molecular flexibility index (Phi) is 7.32. The minimum absolute atomic E-state index is 0.821. The fourth-order valence-electron chi connectivity index (χ4n) is 0.721. The Morgan fingerprint density at radius 3 is 2.33 bits per heavy atom. The molecule has 0 aromatic carbocycles. The maximum absolute atomic E-state index is 5.31. The highest BCUT2D eigenvalue weighted by molar-refractivity contribution is 5.22. The van der Waals surface area contributed by atoms with Crippen LogP contribution in [0.5, 0.6) is 0 Å². The van der Waals surface area contributed by atoms with Crippen molar-refractivity contribution in [3.05, 3.63) is 0 Å². The molecule has 2 N–H and O–H groups in total. The first kappa shape index (κ1) is 8.63. The lowest BCUT2D eigenvalue weighted by atomic mass is 10.2. The van der Waals surface area contributed by atoms with Gasteiger partial charge >= 0.3 is 0 Å². The summed E-state index contributed by atoms with van der Waals surface area (Å²) in [7, 11) is 0. The fraction of sp³-hybridized carbons (Fsp3) is 0.857. The molecular weight excluding hydrogens is 112 g/mol. The van der Waals surface area contributed by atoms with Crippen molar-refractivity contribution in [2.45, 2.75) is 25.7 Å². The highest BCUT2D eigenvalue weighted by Gasteiger charge is 1.84. The predicted molar refractivity (Wildman–Crippen MR) is 41.9 cm³/mol. The number of nitrogens with zero attached hydrogens (tertiary/aromatic N) is 1. The topological polar surface area (TPSA) is 38.4 Å². The first-order chi connectivity index (χ1) is 4.41. The molecule has 0 radical (unpaired) electrons. The third kappa shape index (κ3) is 7.63. The van der Waals surface area contributed by atoms with E-state index in [1.54, 1.807) is 0 Å². The van der Waals surface area contributed by atoms with Gasteiger partial charge < -0.3 is 10.7 Å². The summed E-state index contributed by atoms with van der Waals surface area (Å²) >= 11 is 0. The maximum Gasteiger partial charge on any atom is 0.0382 e. The van der Waals surface area contributed by atoms with Crippen LogP contribution in [-0.4, -0.2) is 19.8 Å². The van der Waals surface area contributed by atoms with Gasteiger partial charge in [0.2, 0.25) is 0 Å². The van der Waals surface area contributed by atoms with Crippen molar-refractivity contribution in [1.29, 1.82) is 0 Å². The molecule has 0 atom stereocenters. The van der Waals surface area contributed by atoms with E-state index in [1.165, 1.54) is 19.3 Å². The van der Waals surface area contributed by atoms with E-state index in [4.69, 9.17) is 5.73 Å². The molecule has 0 rings (SSSR count). The van der Waals surface area contributed by atoms with Crippen LogP contribution in [0.3, 0.4) is 0 Å². The lowest BCUT2D eigenvalue weighted by Gasteiger charge is -1.94. The third-order valence-electron chi connectivity index (χ3n) is 1.27.